The van der Waals surface area contributed by atoms with Gasteiger partial charge in [-0.2, -0.15) is 0 Å². The standard InChI is InChI=1S/C26H28N2O5/c1-4-9-23(24(29)27-14-21(16(2)3)25(30)31)28-26(32)33-15-22-19-12-7-5-10-17(19)18-11-6-8-13-20(18)22/h1,5-8,10-13,16,21-23H,9,14-15H2,2-3H3,(H,27,29)(H,28,32)(H,30,31). The van der Waals surface area contributed by atoms with Gasteiger partial charge in [-0.3, -0.25) is 9.59 Å². The number of aliphatic carboxylic acids is 1. The van der Waals surface area contributed by atoms with E-state index in [0.717, 1.165) is 22.3 Å². The van der Waals surface area contributed by atoms with E-state index in [1.807, 2.05) is 48.5 Å². The number of amides is 2. The second-order valence-corrected chi connectivity index (χ2v) is 8.36. The monoisotopic (exact) mass is 448 g/mol. The molecule has 7 nitrogen and oxygen atoms in total. The zero-order valence-electron chi connectivity index (χ0n) is 18.7. The Morgan fingerprint density at radius 1 is 1.06 bits per heavy atom. The number of carboxylic acids is 1. The van der Waals surface area contributed by atoms with Gasteiger partial charge in [-0.15, -0.1) is 12.3 Å². The van der Waals surface area contributed by atoms with Crippen LogP contribution < -0.4 is 10.6 Å². The fourth-order valence-electron chi connectivity index (χ4n) is 4.05. The Morgan fingerprint density at radius 2 is 1.64 bits per heavy atom. The molecule has 0 aromatic heterocycles. The number of hydrogen-bond acceptors (Lipinski definition) is 4. The molecule has 0 saturated heterocycles. The molecular formula is C26H28N2O5. The third kappa shape index (κ3) is 5.53. The van der Waals surface area contributed by atoms with Gasteiger partial charge in [0.2, 0.25) is 5.91 Å². The molecule has 2 unspecified atom stereocenters. The fraction of sp³-hybridized carbons (Fsp3) is 0.346. The van der Waals surface area contributed by atoms with Crippen molar-refractivity contribution in [3.63, 3.8) is 0 Å². The lowest BCUT2D eigenvalue weighted by Gasteiger charge is -2.21. The Morgan fingerprint density at radius 3 is 2.15 bits per heavy atom. The molecule has 1 aliphatic rings. The summed E-state index contributed by atoms with van der Waals surface area (Å²) in [6, 6.07) is 15.0. The predicted octanol–water partition coefficient (Wildman–Crippen LogP) is 3.39. The molecule has 2 amide bonds. The van der Waals surface area contributed by atoms with Gasteiger partial charge in [0.1, 0.15) is 12.6 Å². The van der Waals surface area contributed by atoms with E-state index in [-0.39, 0.29) is 31.4 Å². The van der Waals surface area contributed by atoms with Crippen LogP contribution in [0.4, 0.5) is 4.79 Å². The van der Waals surface area contributed by atoms with E-state index >= 15 is 0 Å². The van der Waals surface area contributed by atoms with Crippen LogP contribution >= 0.6 is 0 Å². The van der Waals surface area contributed by atoms with E-state index in [9.17, 15) is 19.5 Å². The SMILES string of the molecule is C#CCC(NC(=O)OCC1c2ccccc2-c2ccccc21)C(=O)NCC(C(=O)O)C(C)C. The van der Waals surface area contributed by atoms with Gasteiger partial charge in [0.25, 0.3) is 0 Å². The molecule has 0 spiro atoms. The highest BCUT2D eigenvalue weighted by Crippen LogP contribution is 2.44. The molecule has 3 N–H and O–H groups in total. The number of nitrogens with one attached hydrogen (secondary N) is 2. The van der Waals surface area contributed by atoms with Crippen LogP contribution in [0.15, 0.2) is 48.5 Å². The summed E-state index contributed by atoms with van der Waals surface area (Å²) in [4.78, 5) is 36.4. The Bertz CT molecular complexity index is 1030. The summed E-state index contributed by atoms with van der Waals surface area (Å²) >= 11 is 0. The van der Waals surface area contributed by atoms with Crippen LogP contribution in [0.1, 0.15) is 37.3 Å². The number of carbonyl (C=O) groups is 3. The van der Waals surface area contributed by atoms with Crippen LogP contribution in [0.5, 0.6) is 0 Å². The van der Waals surface area contributed by atoms with Crippen molar-refractivity contribution in [2.24, 2.45) is 11.8 Å². The van der Waals surface area contributed by atoms with Gasteiger partial charge >= 0.3 is 12.1 Å². The topological polar surface area (TPSA) is 105 Å². The Kier molecular flexibility index (Phi) is 7.73. The van der Waals surface area contributed by atoms with Crippen LogP contribution in [0, 0.1) is 24.2 Å². The summed E-state index contributed by atoms with van der Waals surface area (Å²) in [6.45, 7) is 3.58. The van der Waals surface area contributed by atoms with Crippen molar-refractivity contribution in [2.75, 3.05) is 13.2 Å². The highest BCUT2D eigenvalue weighted by molar-refractivity contribution is 5.86. The van der Waals surface area contributed by atoms with Gasteiger partial charge in [0.15, 0.2) is 0 Å². The zero-order valence-corrected chi connectivity index (χ0v) is 18.7. The maximum absolute atomic E-state index is 12.5. The van der Waals surface area contributed by atoms with E-state index in [0.29, 0.717) is 0 Å². The lowest BCUT2D eigenvalue weighted by atomic mass is 9.96. The summed E-state index contributed by atoms with van der Waals surface area (Å²) in [6.07, 6.45) is 4.55. The van der Waals surface area contributed by atoms with Crippen LogP contribution in [0.3, 0.4) is 0 Å². The first-order valence-electron chi connectivity index (χ1n) is 10.9. The highest BCUT2D eigenvalue weighted by atomic mass is 16.5. The average Bonchev–Trinajstić information content (AvgIpc) is 3.10. The van der Waals surface area contributed by atoms with Crippen molar-refractivity contribution in [1.82, 2.24) is 10.6 Å². The van der Waals surface area contributed by atoms with Crippen molar-refractivity contribution in [2.45, 2.75) is 32.2 Å². The van der Waals surface area contributed by atoms with Crippen molar-refractivity contribution >= 4 is 18.0 Å². The summed E-state index contributed by atoms with van der Waals surface area (Å²) in [5, 5.41) is 14.4. The molecule has 172 valence electrons. The molecule has 7 heteroatoms. The number of carbonyl (C=O) groups excluding carboxylic acids is 2. The molecule has 2 aromatic carbocycles. The highest BCUT2D eigenvalue weighted by Gasteiger charge is 2.30. The minimum absolute atomic E-state index is 0.0462. The lowest BCUT2D eigenvalue weighted by molar-refractivity contribution is -0.143. The lowest BCUT2D eigenvalue weighted by Crippen LogP contribution is -2.48. The second kappa shape index (κ2) is 10.7. The van der Waals surface area contributed by atoms with E-state index in [1.54, 1.807) is 13.8 Å². The minimum atomic E-state index is -1.02. The average molecular weight is 449 g/mol. The number of rotatable bonds is 9. The first kappa shape index (κ1) is 23.9. The summed E-state index contributed by atoms with van der Waals surface area (Å²) in [5.74, 6) is -0.192. The first-order valence-corrected chi connectivity index (χ1v) is 10.9. The summed E-state index contributed by atoms with van der Waals surface area (Å²) in [7, 11) is 0. The van der Waals surface area contributed by atoms with Gasteiger partial charge in [-0.1, -0.05) is 62.4 Å². The molecular weight excluding hydrogens is 420 g/mol. The van der Waals surface area contributed by atoms with Crippen molar-refractivity contribution in [3.05, 3.63) is 59.7 Å². The number of fused-ring (bicyclic) bond motifs is 3. The van der Waals surface area contributed by atoms with Gasteiger partial charge in [0.05, 0.1) is 5.92 Å². The van der Waals surface area contributed by atoms with Gasteiger partial charge in [0, 0.05) is 18.9 Å². The van der Waals surface area contributed by atoms with Crippen LogP contribution in [0.2, 0.25) is 0 Å². The van der Waals surface area contributed by atoms with Crippen LogP contribution in [0.25, 0.3) is 11.1 Å². The van der Waals surface area contributed by atoms with Gasteiger partial charge in [-0.25, -0.2) is 4.79 Å². The number of alkyl carbamates (subject to hydrolysis) is 1. The van der Waals surface area contributed by atoms with Crippen molar-refractivity contribution in [1.29, 1.82) is 0 Å². The molecule has 0 bridgehead atoms. The largest absolute Gasteiger partial charge is 0.481 e. The number of carboxylic acid groups (broad SMARTS) is 1. The molecule has 2 aromatic rings. The van der Waals surface area contributed by atoms with Crippen LogP contribution in [-0.4, -0.2) is 42.3 Å². The quantitative estimate of drug-likeness (QED) is 0.510. The molecule has 0 saturated carbocycles. The van der Waals surface area contributed by atoms with Crippen LogP contribution in [-0.2, 0) is 14.3 Å². The number of ether oxygens (including phenoxy) is 1. The molecule has 2 atom stereocenters. The van der Waals surface area contributed by atoms with E-state index < -0.39 is 29.9 Å². The minimum Gasteiger partial charge on any atom is -0.481 e. The molecule has 3 rings (SSSR count). The summed E-state index contributed by atoms with van der Waals surface area (Å²) < 4.78 is 5.48. The van der Waals surface area contributed by atoms with Crippen molar-refractivity contribution in [3.8, 4) is 23.5 Å². The molecule has 0 aliphatic heterocycles. The smallest absolute Gasteiger partial charge is 0.407 e. The maximum atomic E-state index is 12.5. The molecule has 0 heterocycles. The number of terminal acetylenes is 1. The molecule has 1 aliphatic carbocycles. The third-order valence-electron chi connectivity index (χ3n) is 5.89. The normalized spacial score (nSPS) is 13.9. The van der Waals surface area contributed by atoms with E-state index in [2.05, 4.69) is 16.6 Å². The van der Waals surface area contributed by atoms with Gasteiger partial charge < -0.3 is 20.5 Å². The fourth-order valence-corrected chi connectivity index (χ4v) is 4.05. The Labute approximate surface area is 193 Å². The molecule has 0 fully saturated rings. The third-order valence-corrected chi connectivity index (χ3v) is 5.89. The molecule has 0 radical (unpaired) electrons. The predicted molar refractivity (Wildman–Crippen MR) is 124 cm³/mol. The Hall–Kier alpha value is -3.79. The van der Waals surface area contributed by atoms with E-state index in [4.69, 9.17) is 11.2 Å². The number of hydrogen-bond donors (Lipinski definition) is 3. The second-order valence-electron chi connectivity index (χ2n) is 8.36. The maximum Gasteiger partial charge on any atom is 0.407 e. The Balaban J connectivity index is 1.61. The van der Waals surface area contributed by atoms with Crippen molar-refractivity contribution < 1.29 is 24.2 Å². The first-order chi connectivity index (χ1) is 15.8. The van der Waals surface area contributed by atoms with E-state index in [1.165, 1.54) is 0 Å². The zero-order chi connectivity index (χ0) is 24.0. The number of benzene rings is 2. The summed E-state index contributed by atoms with van der Waals surface area (Å²) in [5.41, 5.74) is 4.39. The molecule has 33 heavy (non-hydrogen) atoms. The van der Waals surface area contributed by atoms with Gasteiger partial charge in [-0.05, 0) is 28.2 Å².